The first-order valence-corrected chi connectivity index (χ1v) is 6.21. The van der Waals surface area contributed by atoms with Crippen LogP contribution in [0.2, 0.25) is 0 Å². The highest BCUT2D eigenvalue weighted by atomic mass is 79.9. The number of rotatable bonds is 5. The first-order valence-electron chi connectivity index (χ1n) is 4.60. The van der Waals surface area contributed by atoms with E-state index in [1.807, 2.05) is 0 Å². The lowest BCUT2D eigenvalue weighted by atomic mass is 10.0. The molecular weight excluding hydrogens is 296 g/mol. The van der Waals surface area contributed by atoms with Gasteiger partial charge in [0.15, 0.2) is 5.13 Å². The SMILES string of the molecule is CC(CC(=O)O)CC(=O)Nc1ncc(Br)s1. The van der Waals surface area contributed by atoms with Gasteiger partial charge in [-0.1, -0.05) is 18.3 Å². The normalized spacial score (nSPS) is 12.1. The van der Waals surface area contributed by atoms with Crippen molar-refractivity contribution in [1.29, 1.82) is 0 Å². The maximum Gasteiger partial charge on any atom is 0.303 e. The number of thiazole rings is 1. The molecule has 0 saturated heterocycles. The van der Waals surface area contributed by atoms with E-state index in [0.717, 1.165) is 3.79 Å². The number of carbonyl (C=O) groups excluding carboxylic acids is 1. The van der Waals surface area contributed by atoms with Gasteiger partial charge in [0.1, 0.15) is 0 Å². The van der Waals surface area contributed by atoms with Crippen LogP contribution in [-0.4, -0.2) is 22.0 Å². The van der Waals surface area contributed by atoms with E-state index in [-0.39, 0.29) is 24.7 Å². The van der Waals surface area contributed by atoms with Crippen molar-refractivity contribution in [1.82, 2.24) is 4.98 Å². The monoisotopic (exact) mass is 306 g/mol. The summed E-state index contributed by atoms with van der Waals surface area (Å²) in [6.45, 7) is 1.73. The van der Waals surface area contributed by atoms with Crippen LogP contribution in [0.25, 0.3) is 0 Å². The molecule has 0 aliphatic carbocycles. The molecule has 0 bridgehead atoms. The molecule has 1 rings (SSSR count). The molecule has 1 aromatic heterocycles. The summed E-state index contributed by atoms with van der Waals surface area (Å²) >= 11 is 4.55. The molecule has 0 aliphatic heterocycles. The zero-order valence-electron chi connectivity index (χ0n) is 8.57. The van der Waals surface area contributed by atoms with E-state index in [1.54, 1.807) is 13.1 Å². The van der Waals surface area contributed by atoms with Crippen molar-refractivity contribution in [3.63, 3.8) is 0 Å². The van der Waals surface area contributed by atoms with E-state index < -0.39 is 5.97 Å². The molecule has 1 unspecified atom stereocenters. The maximum absolute atomic E-state index is 11.5. The van der Waals surface area contributed by atoms with Crippen molar-refractivity contribution in [2.75, 3.05) is 5.32 Å². The minimum atomic E-state index is -0.891. The molecular formula is C9H11BrN2O3S. The molecule has 1 heterocycles. The van der Waals surface area contributed by atoms with E-state index in [1.165, 1.54) is 11.3 Å². The number of amides is 1. The van der Waals surface area contributed by atoms with Crippen molar-refractivity contribution in [3.05, 3.63) is 9.98 Å². The smallest absolute Gasteiger partial charge is 0.303 e. The Hall–Kier alpha value is -0.950. The largest absolute Gasteiger partial charge is 0.481 e. The van der Waals surface area contributed by atoms with Gasteiger partial charge in [-0.05, 0) is 21.8 Å². The second-order valence-electron chi connectivity index (χ2n) is 3.42. The lowest BCUT2D eigenvalue weighted by molar-refractivity contribution is -0.138. The topological polar surface area (TPSA) is 79.3 Å². The highest BCUT2D eigenvalue weighted by Gasteiger charge is 2.13. The molecule has 0 aromatic carbocycles. The van der Waals surface area contributed by atoms with Crippen molar-refractivity contribution in [3.8, 4) is 0 Å². The van der Waals surface area contributed by atoms with Gasteiger partial charge in [0.05, 0.1) is 9.98 Å². The lowest BCUT2D eigenvalue weighted by Gasteiger charge is -2.07. The van der Waals surface area contributed by atoms with Crippen LogP contribution in [0.3, 0.4) is 0 Å². The standard InChI is InChI=1S/C9H11BrN2O3S/c1-5(3-8(14)15)2-7(13)12-9-11-4-6(10)16-9/h4-5H,2-3H2,1H3,(H,14,15)(H,11,12,13). The minimum Gasteiger partial charge on any atom is -0.481 e. The molecule has 1 amide bonds. The fraction of sp³-hybridized carbons (Fsp3) is 0.444. The highest BCUT2D eigenvalue weighted by molar-refractivity contribution is 9.11. The predicted molar refractivity (Wildman–Crippen MR) is 64.5 cm³/mol. The summed E-state index contributed by atoms with van der Waals surface area (Å²) in [6.07, 6.45) is 1.78. The van der Waals surface area contributed by atoms with Crippen LogP contribution in [0.1, 0.15) is 19.8 Å². The van der Waals surface area contributed by atoms with Crippen molar-refractivity contribution in [2.24, 2.45) is 5.92 Å². The van der Waals surface area contributed by atoms with Gasteiger partial charge in [-0.2, -0.15) is 0 Å². The molecule has 5 nitrogen and oxygen atoms in total. The zero-order valence-corrected chi connectivity index (χ0v) is 11.0. The zero-order chi connectivity index (χ0) is 12.1. The van der Waals surface area contributed by atoms with Gasteiger partial charge in [0, 0.05) is 12.8 Å². The van der Waals surface area contributed by atoms with Crippen LogP contribution in [0.4, 0.5) is 5.13 Å². The highest BCUT2D eigenvalue weighted by Crippen LogP contribution is 2.23. The second-order valence-corrected chi connectivity index (χ2v) is 5.83. The molecule has 0 fully saturated rings. The van der Waals surface area contributed by atoms with Crippen LogP contribution in [-0.2, 0) is 9.59 Å². The maximum atomic E-state index is 11.5. The van der Waals surface area contributed by atoms with Crippen molar-refractivity contribution >= 4 is 44.3 Å². The molecule has 2 N–H and O–H groups in total. The Balaban J connectivity index is 2.38. The van der Waals surface area contributed by atoms with Gasteiger partial charge >= 0.3 is 5.97 Å². The van der Waals surface area contributed by atoms with Gasteiger partial charge < -0.3 is 10.4 Å². The molecule has 0 saturated carbocycles. The summed E-state index contributed by atoms with van der Waals surface area (Å²) in [5.74, 6) is -1.28. The number of halogens is 1. The van der Waals surface area contributed by atoms with Crippen molar-refractivity contribution in [2.45, 2.75) is 19.8 Å². The number of carboxylic acids is 1. The third-order valence-electron chi connectivity index (χ3n) is 1.78. The Bertz CT molecular complexity index is 394. The summed E-state index contributed by atoms with van der Waals surface area (Å²) in [5.41, 5.74) is 0. The summed E-state index contributed by atoms with van der Waals surface area (Å²) in [5, 5.41) is 11.7. The molecule has 1 aromatic rings. The number of aliphatic carboxylic acids is 1. The number of nitrogens with zero attached hydrogens (tertiary/aromatic N) is 1. The third-order valence-corrected chi connectivity index (χ3v) is 3.17. The Morgan fingerprint density at radius 3 is 2.81 bits per heavy atom. The molecule has 16 heavy (non-hydrogen) atoms. The van der Waals surface area contributed by atoms with Crippen LogP contribution in [0.15, 0.2) is 9.98 Å². The number of anilines is 1. The summed E-state index contributed by atoms with van der Waals surface area (Å²) < 4.78 is 0.835. The first-order chi connectivity index (χ1) is 7.47. The number of carboxylic acid groups (broad SMARTS) is 1. The average molecular weight is 307 g/mol. The molecule has 0 radical (unpaired) electrons. The summed E-state index contributed by atoms with van der Waals surface area (Å²) in [6, 6.07) is 0. The number of hydrogen-bond donors (Lipinski definition) is 2. The van der Waals surface area contributed by atoms with Gasteiger partial charge in [0.25, 0.3) is 0 Å². The van der Waals surface area contributed by atoms with E-state index in [4.69, 9.17) is 5.11 Å². The predicted octanol–water partition coefficient (Wildman–Crippen LogP) is 2.34. The van der Waals surface area contributed by atoms with E-state index in [2.05, 4.69) is 26.2 Å². The molecule has 7 heteroatoms. The van der Waals surface area contributed by atoms with E-state index in [9.17, 15) is 9.59 Å². The van der Waals surface area contributed by atoms with Gasteiger partial charge in [0.2, 0.25) is 5.91 Å². The lowest BCUT2D eigenvalue weighted by Crippen LogP contribution is -2.16. The first kappa shape index (κ1) is 13.1. The fourth-order valence-corrected chi connectivity index (χ4v) is 2.29. The summed E-state index contributed by atoms with van der Waals surface area (Å²) in [4.78, 5) is 25.8. The van der Waals surface area contributed by atoms with E-state index in [0.29, 0.717) is 5.13 Å². The third kappa shape index (κ3) is 4.71. The van der Waals surface area contributed by atoms with E-state index >= 15 is 0 Å². The van der Waals surface area contributed by atoms with Crippen molar-refractivity contribution < 1.29 is 14.7 Å². The number of nitrogens with one attached hydrogen (secondary N) is 1. The summed E-state index contributed by atoms with van der Waals surface area (Å²) in [7, 11) is 0. The second kappa shape index (κ2) is 5.95. The molecule has 1 atom stereocenters. The van der Waals surface area contributed by atoms with Gasteiger partial charge in [-0.15, -0.1) is 0 Å². The molecule has 0 aliphatic rings. The Labute approximate surface area is 105 Å². The van der Waals surface area contributed by atoms with Gasteiger partial charge in [-0.25, -0.2) is 4.98 Å². The Kier molecular flexibility index (Phi) is 4.88. The molecule has 88 valence electrons. The molecule has 0 spiro atoms. The minimum absolute atomic E-state index is 0.00498. The number of hydrogen-bond acceptors (Lipinski definition) is 4. The number of carbonyl (C=O) groups is 2. The Morgan fingerprint density at radius 2 is 2.31 bits per heavy atom. The fourth-order valence-electron chi connectivity index (χ4n) is 1.17. The Morgan fingerprint density at radius 1 is 1.62 bits per heavy atom. The quantitative estimate of drug-likeness (QED) is 0.875. The van der Waals surface area contributed by atoms with Crippen LogP contribution in [0, 0.1) is 5.92 Å². The number of aromatic nitrogens is 1. The van der Waals surface area contributed by atoms with Crippen LogP contribution in [0.5, 0.6) is 0 Å². The van der Waals surface area contributed by atoms with Crippen LogP contribution >= 0.6 is 27.3 Å². The average Bonchev–Trinajstić information content (AvgIpc) is 2.48. The van der Waals surface area contributed by atoms with Gasteiger partial charge in [-0.3, -0.25) is 9.59 Å². The van der Waals surface area contributed by atoms with Crippen LogP contribution < -0.4 is 5.32 Å².